The molecule has 0 saturated heterocycles. The summed E-state index contributed by atoms with van der Waals surface area (Å²) in [5.41, 5.74) is 0. The average Bonchev–Trinajstić information content (AvgIpc) is 2.35. The van der Waals surface area contributed by atoms with Crippen LogP contribution in [0.1, 0.15) is 0 Å². The smallest absolute Gasteiger partial charge is 0.105 e. The zero-order valence-corrected chi connectivity index (χ0v) is 6.76. The van der Waals surface area contributed by atoms with E-state index in [1.807, 2.05) is 23.1 Å². The molecule has 1 aromatic heterocycles. The van der Waals surface area contributed by atoms with E-state index in [0.717, 1.165) is 5.88 Å². The monoisotopic (exact) mass is 157 g/mol. The molecule has 2 heterocycles. The second kappa shape index (κ2) is 1.92. The molecule has 0 radical (unpaired) electrons. The lowest BCUT2D eigenvalue weighted by atomic mass is 10.6. The Morgan fingerprint density at radius 1 is 1.67 bits per heavy atom. The molecule has 0 aromatic carbocycles. The van der Waals surface area contributed by atoms with Crippen LogP contribution < -0.4 is 4.90 Å². The highest BCUT2D eigenvalue weighted by molar-refractivity contribution is 8.00. The van der Waals surface area contributed by atoms with Gasteiger partial charge in [0.1, 0.15) is 5.00 Å². The average molecular weight is 157 g/mol. The lowest BCUT2D eigenvalue weighted by Crippen LogP contribution is -2.09. The molecule has 0 N–H and O–H groups in total. The zero-order valence-electron chi connectivity index (χ0n) is 5.13. The van der Waals surface area contributed by atoms with Gasteiger partial charge >= 0.3 is 0 Å². The summed E-state index contributed by atoms with van der Waals surface area (Å²) in [5, 5.41) is 3.58. The molecular formula is C6H7NS2. The maximum atomic E-state index is 2.28. The molecule has 0 aliphatic carbocycles. The number of fused-ring (bicyclic) bond motifs is 1. The maximum Gasteiger partial charge on any atom is 0.105 e. The summed E-state index contributed by atoms with van der Waals surface area (Å²) in [6.07, 6.45) is 0. The summed E-state index contributed by atoms with van der Waals surface area (Å²) in [6, 6.07) is 2.19. The lowest BCUT2D eigenvalue weighted by molar-refractivity contribution is 1.13. The van der Waals surface area contributed by atoms with E-state index in [0.29, 0.717) is 0 Å². The summed E-state index contributed by atoms with van der Waals surface area (Å²) in [4.78, 5) is 3.73. The predicted octanol–water partition coefficient (Wildman–Crippen LogP) is 2.25. The van der Waals surface area contributed by atoms with Crippen molar-refractivity contribution in [1.29, 1.82) is 0 Å². The summed E-state index contributed by atoms with van der Waals surface area (Å²) in [6.45, 7) is 0. The molecule has 0 saturated carbocycles. The van der Waals surface area contributed by atoms with Crippen molar-refractivity contribution in [3.63, 3.8) is 0 Å². The van der Waals surface area contributed by atoms with Crippen LogP contribution in [0, 0.1) is 0 Å². The van der Waals surface area contributed by atoms with E-state index < -0.39 is 0 Å². The van der Waals surface area contributed by atoms with Crippen molar-refractivity contribution in [1.82, 2.24) is 0 Å². The molecule has 0 bridgehead atoms. The van der Waals surface area contributed by atoms with Gasteiger partial charge in [0.2, 0.25) is 0 Å². The Hall–Kier alpha value is -0.150. The Balaban J connectivity index is 2.49. The highest BCUT2D eigenvalue weighted by atomic mass is 32.2. The summed E-state index contributed by atoms with van der Waals surface area (Å²) in [5.74, 6) is 1.13. The third kappa shape index (κ3) is 0.756. The topological polar surface area (TPSA) is 3.24 Å². The molecule has 2 rings (SSSR count). The molecule has 1 nitrogen and oxygen atoms in total. The van der Waals surface area contributed by atoms with Crippen molar-refractivity contribution in [2.24, 2.45) is 0 Å². The van der Waals surface area contributed by atoms with Gasteiger partial charge in [-0.15, -0.1) is 23.1 Å². The highest BCUT2D eigenvalue weighted by Gasteiger charge is 2.16. The van der Waals surface area contributed by atoms with Gasteiger partial charge in [-0.3, -0.25) is 0 Å². The predicted molar refractivity (Wildman–Crippen MR) is 43.4 cm³/mol. The second-order valence-corrected chi connectivity index (χ2v) is 3.94. The van der Waals surface area contributed by atoms with Gasteiger partial charge in [-0.1, -0.05) is 0 Å². The van der Waals surface area contributed by atoms with Gasteiger partial charge in [0.15, 0.2) is 0 Å². The lowest BCUT2D eigenvalue weighted by Gasteiger charge is -2.05. The molecule has 1 aromatic rings. The van der Waals surface area contributed by atoms with Crippen molar-refractivity contribution in [2.45, 2.75) is 4.90 Å². The van der Waals surface area contributed by atoms with Crippen molar-refractivity contribution in [3.05, 3.63) is 11.4 Å². The minimum absolute atomic E-state index is 1.13. The molecule has 3 heteroatoms. The minimum atomic E-state index is 1.13. The number of hydrogen-bond acceptors (Lipinski definition) is 3. The number of hydrogen-bond donors (Lipinski definition) is 0. The van der Waals surface area contributed by atoms with Gasteiger partial charge in [0.25, 0.3) is 0 Å². The standard InChI is InChI=1S/C6H7NS2/c1-7-4-9-5-2-3-8-6(5)7/h2-3H,4H2,1H3. The van der Waals surface area contributed by atoms with Crippen LogP contribution in [-0.2, 0) is 0 Å². The number of rotatable bonds is 0. The van der Waals surface area contributed by atoms with Crippen molar-refractivity contribution < 1.29 is 0 Å². The SMILES string of the molecule is CN1CSc2ccsc21. The molecule has 48 valence electrons. The largest absolute Gasteiger partial charge is 0.356 e. The van der Waals surface area contributed by atoms with Crippen LogP contribution in [0.5, 0.6) is 0 Å². The Kier molecular flexibility index (Phi) is 1.20. The molecule has 1 aliphatic heterocycles. The molecule has 0 atom stereocenters. The van der Waals surface area contributed by atoms with E-state index in [9.17, 15) is 0 Å². The van der Waals surface area contributed by atoms with Crippen LogP contribution in [0.15, 0.2) is 16.3 Å². The third-order valence-electron chi connectivity index (χ3n) is 1.37. The first-order valence-corrected chi connectivity index (χ1v) is 4.66. The minimum Gasteiger partial charge on any atom is -0.356 e. The van der Waals surface area contributed by atoms with Gasteiger partial charge in [-0.2, -0.15) is 0 Å². The molecule has 1 aliphatic rings. The molecule has 0 fully saturated rings. The van der Waals surface area contributed by atoms with Crippen LogP contribution >= 0.6 is 23.1 Å². The zero-order chi connectivity index (χ0) is 6.27. The summed E-state index contributed by atoms with van der Waals surface area (Å²) < 4.78 is 0. The van der Waals surface area contributed by atoms with Crippen molar-refractivity contribution in [2.75, 3.05) is 17.8 Å². The highest BCUT2D eigenvalue weighted by Crippen LogP contribution is 2.41. The first-order valence-electron chi connectivity index (χ1n) is 2.79. The molecule has 0 spiro atoms. The number of thioether (sulfide) groups is 1. The first kappa shape index (κ1) is 5.62. The second-order valence-electron chi connectivity index (χ2n) is 2.06. The van der Waals surface area contributed by atoms with E-state index >= 15 is 0 Å². The maximum absolute atomic E-state index is 2.28. The fourth-order valence-electron chi connectivity index (χ4n) is 0.903. The molecule has 9 heavy (non-hydrogen) atoms. The van der Waals surface area contributed by atoms with Crippen LogP contribution in [0.4, 0.5) is 5.00 Å². The van der Waals surface area contributed by atoms with Crippen molar-refractivity contribution in [3.8, 4) is 0 Å². The number of anilines is 1. The Bertz CT molecular complexity index is 219. The third-order valence-corrected chi connectivity index (χ3v) is 3.68. The number of nitrogens with zero attached hydrogens (tertiary/aromatic N) is 1. The Morgan fingerprint density at radius 2 is 2.56 bits per heavy atom. The molecule has 0 unspecified atom stereocenters. The van der Waals surface area contributed by atoms with Gasteiger partial charge < -0.3 is 4.90 Å². The fraction of sp³-hybridized carbons (Fsp3) is 0.333. The van der Waals surface area contributed by atoms with Gasteiger partial charge in [0, 0.05) is 11.9 Å². The van der Waals surface area contributed by atoms with E-state index in [4.69, 9.17) is 0 Å². The van der Waals surface area contributed by atoms with E-state index in [2.05, 4.69) is 23.4 Å². The summed E-state index contributed by atoms with van der Waals surface area (Å²) in [7, 11) is 2.13. The first-order chi connectivity index (χ1) is 4.38. The van der Waals surface area contributed by atoms with E-state index in [1.165, 1.54) is 9.90 Å². The normalized spacial score (nSPS) is 16.3. The fourth-order valence-corrected chi connectivity index (χ4v) is 3.06. The number of thiophene rings is 1. The van der Waals surface area contributed by atoms with E-state index in [-0.39, 0.29) is 0 Å². The van der Waals surface area contributed by atoms with Crippen LogP contribution in [0.25, 0.3) is 0 Å². The Morgan fingerprint density at radius 3 is 3.33 bits per heavy atom. The van der Waals surface area contributed by atoms with Crippen LogP contribution in [0.2, 0.25) is 0 Å². The quantitative estimate of drug-likeness (QED) is 0.568. The van der Waals surface area contributed by atoms with Crippen molar-refractivity contribution >= 4 is 28.1 Å². The van der Waals surface area contributed by atoms with Gasteiger partial charge in [-0.05, 0) is 11.4 Å². The molecule has 0 amide bonds. The van der Waals surface area contributed by atoms with Gasteiger partial charge in [0.05, 0.1) is 5.88 Å². The summed E-state index contributed by atoms with van der Waals surface area (Å²) >= 11 is 3.74. The van der Waals surface area contributed by atoms with Gasteiger partial charge in [-0.25, -0.2) is 0 Å². The van der Waals surface area contributed by atoms with Crippen LogP contribution in [0.3, 0.4) is 0 Å². The van der Waals surface area contributed by atoms with E-state index in [1.54, 1.807) is 0 Å². The van der Waals surface area contributed by atoms with Crippen LogP contribution in [-0.4, -0.2) is 12.9 Å². The Labute approximate surface area is 62.7 Å². The molecular weight excluding hydrogens is 150 g/mol.